The van der Waals surface area contributed by atoms with E-state index >= 15 is 0 Å². The van der Waals surface area contributed by atoms with Gasteiger partial charge in [-0.1, -0.05) is 22.5 Å². The van der Waals surface area contributed by atoms with Crippen LogP contribution < -0.4 is 4.74 Å². The van der Waals surface area contributed by atoms with Gasteiger partial charge in [-0.15, -0.1) is 0 Å². The van der Waals surface area contributed by atoms with Crippen molar-refractivity contribution in [3.8, 4) is 5.75 Å². The third-order valence-corrected chi connectivity index (χ3v) is 4.55. The molecule has 0 radical (unpaired) electrons. The summed E-state index contributed by atoms with van der Waals surface area (Å²) in [5.41, 5.74) is 1.91. The second-order valence-electron chi connectivity index (χ2n) is 5.31. The molecule has 2 aliphatic rings. The minimum Gasteiger partial charge on any atom is -0.486 e. The average molecular weight is 295 g/mol. The second-order valence-corrected chi connectivity index (χ2v) is 6.22. The Labute approximate surface area is 110 Å². The zero-order valence-corrected chi connectivity index (χ0v) is 11.6. The van der Waals surface area contributed by atoms with Crippen molar-refractivity contribution < 1.29 is 9.47 Å². The Morgan fingerprint density at radius 3 is 2.59 bits per heavy atom. The first kappa shape index (κ1) is 11.3. The van der Waals surface area contributed by atoms with Gasteiger partial charge in [-0.3, -0.25) is 0 Å². The molecule has 0 unspecified atom stereocenters. The number of halogens is 1. The van der Waals surface area contributed by atoms with Gasteiger partial charge < -0.3 is 9.47 Å². The fraction of sp³-hybridized carbons (Fsp3) is 0.429. The van der Waals surface area contributed by atoms with Gasteiger partial charge in [-0.25, -0.2) is 0 Å². The Morgan fingerprint density at radius 1 is 1.29 bits per heavy atom. The van der Waals surface area contributed by atoms with E-state index in [-0.39, 0.29) is 11.0 Å². The van der Waals surface area contributed by atoms with Crippen molar-refractivity contribution >= 4 is 21.5 Å². The molecule has 1 aromatic carbocycles. The Balaban J connectivity index is 2.17. The van der Waals surface area contributed by atoms with Crippen molar-refractivity contribution in [2.45, 2.75) is 19.4 Å². The molecule has 1 fully saturated rings. The highest BCUT2D eigenvalue weighted by molar-refractivity contribution is 9.10. The molecule has 0 amide bonds. The monoisotopic (exact) mass is 294 g/mol. The van der Waals surface area contributed by atoms with Crippen LogP contribution in [0.5, 0.6) is 5.75 Å². The van der Waals surface area contributed by atoms with Gasteiger partial charge >= 0.3 is 0 Å². The van der Waals surface area contributed by atoms with E-state index in [9.17, 15) is 0 Å². The number of ether oxygens (including phenoxy) is 2. The van der Waals surface area contributed by atoms with Gasteiger partial charge in [0.15, 0.2) is 0 Å². The normalized spacial score (nSPS) is 23.8. The lowest BCUT2D eigenvalue weighted by atomic mass is 9.64. The quantitative estimate of drug-likeness (QED) is 0.727. The molecule has 0 aromatic heterocycles. The molecule has 2 heterocycles. The molecule has 3 rings (SSSR count). The third-order valence-electron chi connectivity index (χ3n) is 4.06. The number of benzene rings is 1. The summed E-state index contributed by atoms with van der Waals surface area (Å²) in [7, 11) is 0. The lowest BCUT2D eigenvalue weighted by Crippen LogP contribution is -2.61. The average Bonchev–Trinajstić information content (AvgIpc) is 2.16. The summed E-state index contributed by atoms with van der Waals surface area (Å²) in [6.07, 6.45) is 0. The van der Waals surface area contributed by atoms with Crippen LogP contribution >= 0.6 is 15.9 Å². The first-order valence-electron chi connectivity index (χ1n) is 5.72. The van der Waals surface area contributed by atoms with Crippen molar-refractivity contribution in [2.75, 3.05) is 13.2 Å². The highest BCUT2D eigenvalue weighted by atomic mass is 79.9. The number of rotatable bonds is 0. The van der Waals surface area contributed by atoms with Gasteiger partial charge in [0, 0.05) is 10.0 Å². The predicted octanol–water partition coefficient (Wildman–Crippen LogP) is 3.65. The van der Waals surface area contributed by atoms with Crippen LogP contribution in [0.3, 0.4) is 0 Å². The summed E-state index contributed by atoms with van der Waals surface area (Å²) in [5, 5.41) is 0. The Kier molecular flexibility index (Phi) is 2.23. The molecule has 0 bridgehead atoms. The van der Waals surface area contributed by atoms with Gasteiger partial charge in [-0.05, 0) is 37.6 Å². The van der Waals surface area contributed by atoms with Crippen LogP contribution in [0, 0.1) is 5.41 Å². The van der Waals surface area contributed by atoms with E-state index in [4.69, 9.17) is 9.47 Å². The maximum atomic E-state index is 6.14. The molecule has 0 saturated carbocycles. The fourth-order valence-electron chi connectivity index (χ4n) is 2.65. The minimum atomic E-state index is -0.261. The SMILES string of the molecule is C=C1c2cc(Br)ccc2OC(C)(C)C12COC2. The summed E-state index contributed by atoms with van der Waals surface area (Å²) >= 11 is 3.50. The number of fused-ring (bicyclic) bond motifs is 1. The summed E-state index contributed by atoms with van der Waals surface area (Å²) < 4.78 is 12.6. The van der Waals surface area contributed by atoms with Crippen molar-refractivity contribution in [2.24, 2.45) is 5.41 Å². The first-order chi connectivity index (χ1) is 7.96. The Hall–Kier alpha value is -0.800. The summed E-state index contributed by atoms with van der Waals surface area (Å²) in [6, 6.07) is 6.07. The maximum Gasteiger partial charge on any atom is 0.127 e. The molecule has 1 saturated heterocycles. The van der Waals surface area contributed by atoms with E-state index in [1.165, 1.54) is 0 Å². The van der Waals surface area contributed by atoms with Crippen molar-refractivity contribution in [3.05, 3.63) is 34.8 Å². The topological polar surface area (TPSA) is 18.5 Å². The predicted molar refractivity (Wildman–Crippen MR) is 71.1 cm³/mol. The summed E-state index contributed by atoms with van der Waals surface area (Å²) in [6.45, 7) is 9.92. The van der Waals surface area contributed by atoms with Gasteiger partial charge in [-0.2, -0.15) is 0 Å². The molecular formula is C14H15BrO2. The van der Waals surface area contributed by atoms with Crippen LogP contribution in [0.25, 0.3) is 5.57 Å². The molecule has 2 aliphatic heterocycles. The van der Waals surface area contributed by atoms with Gasteiger partial charge in [0.25, 0.3) is 0 Å². The van der Waals surface area contributed by atoms with Crippen LogP contribution in [0.4, 0.5) is 0 Å². The molecule has 90 valence electrons. The van der Waals surface area contributed by atoms with E-state index in [2.05, 4.69) is 42.4 Å². The highest BCUT2D eigenvalue weighted by Crippen LogP contribution is 2.55. The second kappa shape index (κ2) is 3.36. The largest absolute Gasteiger partial charge is 0.486 e. The van der Waals surface area contributed by atoms with Crippen LogP contribution in [-0.4, -0.2) is 18.8 Å². The zero-order chi connectivity index (χ0) is 12.3. The number of hydrogen-bond acceptors (Lipinski definition) is 2. The molecule has 2 nitrogen and oxygen atoms in total. The Morgan fingerprint density at radius 2 is 2.00 bits per heavy atom. The van der Waals surface area contributed by atoms with Crippen LogP contribution in [-0.2, 0) is 4.74 Å². The number of hydrogen-bond donors (Lipinski definition) is 0. The lowest BCUT2D eigenvalue weighted by Gasteiger charge is -2.55. The van der Waals surface area contributed by atoms with Gasteiger partial charge in [0.1, 0.15) is 11.4 Å². The summed E-state index contributed by atoms with van der Waals surface area (Å²) in [4.78, 5) is 0. The molecule has 1 aromatic rings. The fourth-order valence-corrected chi connectivity index (χ4v) is 3.01. The van der Waals surface area contributed by atoms with Crippen molar-refractivity contribution in [1.29, 1.82) is 0 Å². The van der Waals surface area contributed by atoms with E-state index in [0.717, 1.165) is 21.4 Å². The van der Waals surface area contributed by atoms with Crippen LogP contribution in [0.1, 0.15) is 19.4 Å². The van der Waals surface area contributed by atoms with Gasteiger partial charge in [0.05, 0.1) is 18.6 Å². The molecule has 0 atom stereocenters. The maximum absolute atomic E-state index is 6.14. The molecule has 17 heavy (non-hydrogen) atoms. The van der Waals surface area contributed by atoms with Crippen molar-refractivity contribution in [1.82, 2.24) is 0 Å². The van der Waals surface area contributed by atoms with E-state index in [1.807, 2.05) is 12.1 Å². The van der Waals surface area contributed by atoms with E-state index in [1.54, 1.807) is 0 Å². The molecular weight excluding hydrogens is 280 g/mol. The Bertz CT molecular complexity index is 501. The standard InChI is InChI=1S/C14H15BrO2/c1-9-11-6-10(15)4-5-12(11)17-13(2,3)14(9)7-16-8-14/h4-6H,1,7-8H2,2-3H3. The third kappa shape index (κ3) is 1.36. The zero-order valence-electron chi connectivity index (χ0n) is 10.0. The molecule has 1 spiro atoms. The van der Waals surface area contributed by atoms with E-state index < -0.39 is 0 Å². The molecule has 0 N–H and O–H groups in total. The minimum absolute atomic E-state index is 0.0687. The first-order valence-corrected chi connectivity index (χ1v) is 6.52. The highest BCUT2D eigenvalue weighted by Gasteiger charge is 2.57. The van der Waals surface area contributed by atoms with Gasteiger partial charge in [0.2, 0.25) is 0 Å². The smallest absolute Gasteiger partial charge is 0.127 e. The molecule has 0 aliphatic carbocycles. The molecule has 3 heteroatoms. The van der Waals surface area contributed by atoms with Crippen molar-refractivity contribution in [3.63, 3.8) is 0 Å². The van der Waals surface area contributed by atoms with Crippen LogP contribution in [0.2, 0.25) is 0 Å². The summed E-state index contributed by atoms with van der Waals surface area (Å²) in [5.74, 6) is 0.917. The lowest BCUT2D eigenvalue weighted by molar-refractivity contribution is -0.167. The van der Waals surface area contributed by atoms with E-state index in [0.29, 0.717) is 13.2 Å². The van der Waals surface area contributed by atoms with Crippen LogP contribution in [0.15, 0.2) is 29.3 Å².